The van der Waals surface area contributed by atoms with Crippen LogP contribution in [0, 0.1) is 0 Å². The molecule has 0 saturated carbocycles. The minimum absolute atomic E-state index is 0.223. The average molecular weight is 358 g/mol. The van der Waals surface area contributed by atoms with Gasteiger partial charge in [-0.05, 0) is 20.3 Å². The van der Waals surface area contributed by atoms with Gasteiger partial charge in [0.2, 0.25) is 0 Å². The minimum atomic E-state index is -2.37. The smallest absolute Gasteiger partial charge is 0.330 e. The first-order valence-electron chi connectivity index (χ1n) is 8.15. The van der Waals surface area contributed by atoms with Crippen molar-refractivity contribution in [1.82, 2.24) is 9.55 Å². The van der Waals surface area contributed by atoms with E-state index in [-0.39, 0.29) is 13.0 Å². The van der Waals surface area contributed by atoms with Crippen molar-refractivity contribution in [1.29, 1.82) is 0 Å². The van der Waals surface area contributed by atoms with Crippen molar-refractivity contribution < 1.29 is 23.8 Å². The van der Waals surface area contributed by atoms with Crippen molar-refractivity contribution in [3.8, 4) is 0 Å². The maximum atomic E-state index is 15.2. The predicted octanol–water partition coefficient (Wildman–Crippen LogP) is 0.647. The fourth-order valence-corrected chi connectivity index (χ4v) is 2.68. The van der Waals surface area contributed by atoms with Crippen LogP contribution in [0.15, 0.2) is 21.9 Å². The third kappa shape index (κ3) is 3.67. The molecule has 1 aliphatic rings. The number of hydrogen-bond acceptors (Lipinski definition) is 6. The third-order valence-electron chi connectivity index (χ3n) is 4.61. The van der Waals surface area contributed by atoms with Gasteiger partial charge in [0, 0.05) is 18.7 Å². The molecule has 0 unspecified atom stereocenters. The molecule has 9 heteroatoms. The molecule has 4 atom stereocenters. The lowest BCUT2D eigenvalue weighted by Crippen LogP contribution is -2.53. The molecule has 25 heavy (non-hydrogen) atoms. The first-order chi connectivity index (χ1) is 11.6. The van der Waals surface area contributed by atoms with Crippen LogP contribution >= 0.6 is 0 Å². The van der Waals surface area contributed by atoms with Gasteiger partial charge in [-0.2, -0.15) is 0 Å². The van der Waals surface area contributed by atoms with Crippen LogP contribution in [-0.2, 0) is 14.3 Å². The van der Waals surface area contributed by atoms with Gasteiger partial charge in [-0.15, -0.1) is 0 Å². The number of hydrogen-bond donors (Lipinski definition) is 2. The first kappa shape index (κ1) is 19.3. The van der Waals surface area contributed by atoms with Gasteiger partial charge in [-0.25, -0.2) is 9.18 Å². The molecule has 0 spiro atoms. The summed E-state index contributed by atoms with van der Waals surface area (Å²) in [6.45, 7) is 3.89. The molecule has 1 aromatic rings. The second-order valence-electron chi connectivity index (χ2n) is 6.50. The summed E-state index contributed by atoms with van der Waals surface area (Å²) in [6.07, 6.45) is 0.156. The number of esters is 1. The molecule has 0 bridgehead atoms. The summed E-state index contributed by atoms with van der Waals surface area (Å²) in [7, 11) is 0. The molecule has 1 aromatic heterocycles. The van der Waals surface area contributed by atoms with Gasteiger partial charge < -0.3 is 14.6 Å². The van der Waals surface area contributed by atoms with Gasteiger partial charge >= 0.3 is 11.7 Å². The van der Waals surface area contributed by atoms with Crippen LogP contribution in [0.3, 0.4) is 0 Å². The van der Waals surface area contributed by atoms with Crippen LogP contribution in [0.25, 0.3) is 0 Å². The zero-order chi connectivity index (χ0) is 18.8. The Hall–Kier alpha value is -2.00. The highest BCUT2D eigenvalue weighted by Crippen LogP contribution is 2.47. The van der Waals surface area contributed by atoms with Crippen LogP contribution < -0.4 is 11.2 Å². The molecule has 2 N–H and O–H groups in total. The quantitative estimate of drug-likeness (QED) is 0.722. The fourth-order valence-electron chi connectivity index (χ4n) is 2.68. The van der Waals surface area contributed by atoms with Crippen molar-refractivity contribution in [3.63, 3.8) is 0 Å². The minimum Gasteiger partial charge on any atom is -0.463 e. The van der Waals surface area contributed by atoms with E-state index >= 15 is 4.39 Å². The number of aromatic nitrogens is 2. The van der Waals surface area contributed by atoms with E-state index in [0.29, 0.717) is 6.42 Å². The van der Waals surface area contributed by atoms with Crippen LogP contribution in [0.2, 0.25) is 0 Å². The zero-order valence-corrected chi connectivity index (χ0v) is 14.5. The Balaban J connectivity index is 2.20. The lowest BCUT2D eigenvalue weighted by atomic mass is 9.84. The zero-order valence-electron chi connectivity index (χ0n) is 14.5. The molecule has 2 heterocycles. The van der Waals surface area contributed by atoms with Crippen molar-refractivity contribution in [2.45, 2.75) is 63.6 Å². The Morgan fingerprint density at radius 3 is 2.76 bits per heavy atom. The summed E-state index contributed by atoms with van der Waals surface area (Å²) in [5.74, 6) is -0.466. The average Bonchev–Trinajstić information content (AvgIpc) is 2.70. The first-order valence-corrected chi connectivity index (χ1v) is 8.15. The Kier molecular flexibility index (Phi) is 5.48. The van der Waals surface area contributed by atoms with E-state index in [1.807, 2.05) is 11.9 Å². The normalized spacial score (nSPS) is 31.9. The lowest BCUT2D eigenvalue weighted by Gasteiger charge is -2.32. The molecule has 8 nitrogen and oxygen atoms in total. The molecular weight excluding hydrogens is 335 g/mol. The third-order valence-corrected chi connectivity index (χ3v) is 4.61. The summed E-state index contributed by atoms with van der Waals surface area (Å²) >= 11 is 0. The molecule has 1 fully saturated rings. The molecular formula is C16H23FN2O6. The summed E-state index contributed by atoms with van der Waals surface area (Å²) in [6, 6.07) is 1.05. The summed E-state index contributed by atoms with van der Waals surface area (Å²) < 4.78 is 26.6. The molecule has 140 valence electrons. The van der Waals surface area contributed by atoms with Crippen molar-refractivity contribution in [3.05, 3.63) is 33.1 Å². The highest BCUT2D eigenvalue weighted by atomic mass is 19.1. The van der Waals surface area contributed by atoms with E-state index in [2.05, 4.69) is 0 Å². The number of carbonyl (C=O) groups is 1. The molecule has 0 aromatic carbocycles. The van der Waals surface area contributed by atoms with E-state index in [9.17, 15) is 19.5 Å². The standard InChI is InChI=1S/C16H23FN2O6/c1-4-5-6-12(21)24-9-10-16(3,23)15(2,17)13(25-10)19-8-7-11(20)18-14(19)22/h7-8,10,13,23H,4-6,9H2,1-3H3,(H,18,20,22)/t10-,13+,15+,16+/m1/s1. The maximum Gasteiger partial charge on any atom is 0.330 e. The molecule has 0 amide bonds. The number of H-pyrrole nitrogens is 1. The lowest BCUT2D eigenvalue weighted by molar-refractivity contribution is -0.153. The van der Waals surface area contributed by atoms with Gasteiger partial charge in [0.25, 0.3) is 5.56 Å². The van der Waals surface area contributed by atoms with E-state index in [0.717, 1.165) is 30.2 Å². The number of alkyl halides is 1. The highest BCUT2D eigenvalue weighted by Gasteiger charge is 2.63. The number of ether oxygens (including phenoxy) is 2. The number of carbonyl (C=O) groups excluding carboxylic acids is 1. The summed E-state index contributed by atoms with van der Waals surface area (Å²) in [5.41, 5.74) is -5.88. The number of nitrogens with zero attached hydrogens (tertiary/aromatic N) is 1. The van der Waals surface area contributed by atoms with Crippen molar-refractivity contribution in [2.75, 3.05) is 6.61 Å². The predicted molar refractivity (Wildman–Crippen MR) is 85.9 cm³/mol. The Bertz CT molecular complexity index is 739. The van der Waals surface area contributed by atoms with Gasteiger partial charge in [0.1, 0.15) is 18.3 Å². The highest BCUT2D eigenvalue weighted by molar-refractivity contribution is 5.69. The number of rotatable bonds is 6. The molecule has 1 aliphatic heterocycles. The molecule has 1 saturated heterocycles. The number of aromatic amines is 1. The van der Waals surface area contributed by atoms with Gasteiger partial charge in [0.15, 0.2) is 11.9 Å². The van der Waals surface area contributed by atoms with Crippen LogP contribution in [0.5, 0.6) is 0 Å². The topological polar surface area (TPSA) is 111 Å². The number of nitrogens with one attached hydrogen (secondary N) is 1. The summed E-state index contributed by atoms with van der Waals surface area (Å²) in [4.78, 5) is 36.7. The van der Waals surface area contributed by atoms with E-state index in [4.69, 9.17) is 9.47 Å². The van der Waals surface area contributed by atoms with E-state index < -0.39 is 40.8 Å². The Morgan fingerprint density at radius 1 is 1.48 bits per heavy atom. The number of unbranched alkanes of at least 4 members (excludes halogenated alkanes) is 1. The number of aliphatic hydroxyl groups is 1. The molecule has 0 aliphatic carbocycles. The van der Waals surface area contributed by atoms with Crippen LogP contribution in [-0.4, -0.2) is 44.6 Å². The van der Waals surface area contributed by atoms with Gasteiger partial charge in [-0.3, -0.25) is 19.1 Å². The van der Waals surface area contributed by atoms with E-state index in [1.54, 1.807) is 0 Å². The van der Waals surface area contributed by atoms with Crippen molar-refractivity contribution in [2.24, 2.45) is 0 Å². The number of halogens is 1. The Morgan fingerprint density at radius 2 is 2.16 bits per heavy atom. The monoisotopic (exact) mass is 358 g/mol. The van der Waals surface area contributed by atoms with Crippen molar-refractivity contribution >= 4 is 5.97 Å². The van der Waals surface area contributed by atoms with Gasteiger partial charge in [-0.1, -0.05) is 13.3 Å². The van der Waals surface area contributed by atoms with Crippen LogP contribution in [0.4, 0.5) is 4.39 Å². The summed E-state index contributed by atoms with van der Waals surface area (Å²) in [5, 5.41) is 10.6. The van der Waals surface area contributed by atoms with E-state index in [1.165, 1.54) is 6.92 Å². The maximum absolute atomic E-state index is 15.2. The fraction of sp³-hybridized carbons (Fsp3) is 0.688. The second kappa shape index (κ2) is 7.09. The molecule has 2 rings (SSSR count). The SMILES string of the molecule is CCCCC(=O)OC[C@H]1O[C@H](n2ccc(=O)[nH]c2=O)[C@](C)(F)[C@@]1(C)O. The van der Waals surface area contributed by atoms with Crippen LogP contribution in [0.1, 0.15) is 46.3 Å². The largest absolute Gasteiger partial charge is 0.463 e. The molecule has 0 radical (unpaired) electrons. The van der Waals surface area contributed by atoms with Gasteiger partial charge in [0.05, 0.1) is 0 Å². The second-order valence-corrected chi connectivity index (χ2v) is 6.50. The Labute approximate surface area is 143 Å².